The number of nitrogens with zero attached hydrogens (tertiary/aromatic N) is 3. The number of amides is 5. The fourth-order valence-electron chi connectivity index (χ4n) is 10.6. The summed E-state index contributed by atoms with van der Waals surface area (Å²) in [6.45, 7) is 2.78. The van der Waals surface area contributed by atoms with E-state index in [9.17, 15) is 51.2 Å². The average molecular weight is 1100 g/mol. The summed E-state index contributed by atoms with van der Waals surface area (Å²) in [5.74, 6) is -0.194. The number of ether oxygens (including phenoxy) is 5. The third-order valence-corrected chi connectivity index (χ3v) is 18.6. The van der Waals surface area contributed by atoms with Crippen LogP contribution in [0.3, 0.4) is 0 Å². The van der Waals surface area contributed by atoms with Gasteiger partial charge in [0.1, 0.15) is 36.6 Å². The van der Waals surface area contributed by atoms with Crippen molar-refractivity contribution < 1.29 is 74.9 Å². The number of hydrogen-bond acceptors (Lipinski definition) is 15. The zero-order chi connectivity index (χ0) is 53.6. The number of aryl methyl sites for hydroxylation is 2. The van der Waals surface area contributed by atoms with E-state index in [1.54, 1.807) is 48.4 Å². The van der Waals surface area contributed by atoms with E-state index in [2.05, 4.69) is 5.32 Å². The van der Waals surface area contributed by atoms with Crippen molar-refractivity contribution in [2.75, 3.05) is 71.7 Å². The smallest absolute Gasteiger partial charge is 0.270 e. The van der Waals surface area contributed by atoms with Crippen molar-refractivity contribution in [2.45, 2.75) is 107 Å². The van der Waals surface area contributed by atoms with Crippen molar-refractivity contribution in [2.24, 2.45) is 0 Å². The summed E-state index contributed by atoms with van der Waals surface area (Å²) in [7, 11) is -6.80. The molecule has 406 valence electrons. The van der Waals surface area contributed by atoms with Crippen LogP contribution in [0.1, 0.15) is 99.9 Å². The minimum atomic E-state index is -4.49. The van der Waals surface area contributed by atoms with Crippen molar-refractivity contribution in [3.8, 4) is 23.0 Å². The lowest BCUT2D eigenvalue weighted by Crippen LogP contribution is -2.44. The Labute approximate surface area is 440 Å². The topological polar surface area (TPSA) is 262 Å². The van der Waals surface area contributed by atoms with Crippen LogP contribution in [0.2, 0.25) is 0 Å². The molecule has 3 unspecified atom stereocenters. The molecule has 3 saturated heterocycles. The van der Waals surface area contributed by atoms with Crippen LogP contribution in [0.4, 0.5) is 0 Å². The number of likely N-dealkylation sites (tertiary alicyclic amines) is 1. The second-order valence-electron chi connectivity index (χ2n) is 19.7. The van der Waals surface area contributed by atoms with Gasteiger partial charge in [0.15, 0.2) is 17.3 Å². The third-order valence-electron chi connectivity index (χ3n) is 14.6. The van der Waals surface area contributed by atoms with Crippen molar-refractivity contribution in [3.63, 3.8) is 0 Å². The number of rotatable bonds is 24. The lowest BCUT2D eigenvalue weighted by molar-refractivity contribution is -0.138. The maximum Gasteiger partial charge on any atom is 0.270 e. The van der Waals surface area contributed by atoms with E-state index in [4.69, 9.17) is 23.7 Å². The maximum atomic E-state index is 13.7. The van der Waals surface area contributed by atoms with Crippen molar-refractivity contribution in [3.05, 3.63) is 81.4 Å². The number of fused-ring (bicyclic) bond motifs is 4. The molecular weight excluding hydrogens is 1030 g/mol. The van der Waals surface area contributed by atoms with Gasteiger partial charge in [0.2, 0.25) is 25.1 Å². The molecular formula is C52H65N4O16PS2. The number of Topliss-reactive ketones (excluding diaryl/α,β-unsaturated/α-hetero) is 1. The van der Waals surface area contributed by atoms with Crippen LogP contribution in [0.25, 0.3) is 0 Å². The van der Waals surface area contributed by atoms with E-state index >= 15 is 0 Å². The molecule has 5 aliphatic rings. The number of ketones is 1. The summed E-state index contributed by atoms with van der Waals surface area (Å²) in [6, 6.07) is 12.1. The lowest BCUT2D eigenvalue weighted by atomic mass is 9.98. The van der Waals surface area contributed by atoms with Gasteiger partial charge in [0.25, 0.3) is 21.9 Å². The zero-order valence-electron chi connectivity index (χ0n) is 42.4. The van der Waals surface area contributed by atoms with Crippen LogP contribution in [0.15, 0.2) is 42.5 Å². The molecule has 0 saturated carbocycles. The second kappa shape index (κ2) is 24.2. The van der Waals surface area contributed by atoms with E-state index in [1.807, 2.05) is 17.0 Å². The van der Waals surface area contributed by atoms with Gasteiger partial charge in [-0.05, 0) is 128 Å². The van der Waals surface area contributed by atoms with Gasteiger partial charge in [0.05, 0.1) is 38.2 Å². The Hall–Kier alpha value is -5.51. The summed E-state index contributed by atoms with van der Waals surface area (Å²) in [4.78, 5) is 91.6. The Kier molecular flexibility index (Phi) is 18.0. The van der Waals surface area contributed by atoms with Crippen LogP contribution in [-0.2, 0) is 64.7 Å². The minimum absolute atomic E-state index is 0.000455. The number of methoxy groups -OCH3 is 1. The minimum Gasteiger partial charge on any atom is -0.493 e. The highest BCUT2D eigenvalue weighted by Crippen LogP contribution is 2.42. The SMILES string of the molecule is COc1cc2c(cc1OCc1cc(COc3cc4c(cc3C)C(=O)N3CCC[C@H]3C(S(=O)(=O)O)C4)cc(OCCOCCC(=O)CNC(=O)CCP(=O)(O)CCN3C(=O)CC(SC)C3=O)c1)CC[C@@H]1CCCN1C2=O. The molecule has 3 aromatic carbocycles. The molecule has 0 spiro atoms. The van der Waals surface area contributed by atoms with Gasteiger partial charge < -0.3 is 43.7 Å². The maximum absolute atomic E-state index is 13.7. The number of imide groups is 1. The van der Waals surface area contributed by atoms with Crippen molar-refractivity contribution in [1.82, 2.24) is 20.0 Å². The van der Waals surface area contributed by atoms with E-state index in [-0.39, 0.29) is 114 Å². The number of hydrogen-bond donors (Lipinski definition) is 3. The van der Waals surface area contributed by atoms with Gasteiger partial charge in [-0.25, -0.2) is 0 Å². The molecule has 0 radical (unpaired) electrons. The van der Waals surface area contributed by atoms with Crippen molar-refractivity contribution in [1.29, 1.82) is 0 Å². The lowest BCUT2D eigenvalue weighted by Gasteiger charge is -2.26. The highest BCUT2D eigenvalue weighted by atomic mass is 32.2. The highest BCUT2D eigenvalue weighted by Gasteiger charge is 2.45. The van der Waals surface area contributed by atoms with Gasteiger partial charge in [0, 0.05) is 68.4 Å². The fourth-order valence-corrected chi connectivity index (χ4v) is 13.6. The molecule has 5 aliphatic heterocycles. The van der Waals surface area contributed by atoms with E-state index < -0.39 is 45.8 Å². The summed E-state index contributed by atoms with van der Waals surface area (Å²) in [6.07, 6.45) is 5.36. The third kappa shape index (κ3) is 13.5. The Bertz CT molecular complexity index is 2860. The number of carbonyl (C=O) groups excluding carboxylic acids is 6. The van der Waals surface area contributed by atoms with Crippen LogP contribution in [0.5, 0.6) is 23.0 Å². The molecule has 20 nitrogen and oxygen atoms in total. The number of nitrogens with one attached hydrogen (secondary N) is 1. The van der Waals surface area contributed by atoms with Gasteiger partial charge in [-0.3, -0.25) is 42.8 Å². The van der Waals surface area contributed by atoms with Gasteiger partial charge in [-0.1, -0.05) is 0 Å². The normalized spacial score (nSPS) is 21.2. The second-order valence-corrected chi connectivity index (χ2v) is 24.9. The molecule has 3 fully saturated rings. The Balaban J connectivity index is 0.871. The molecule has 5 atom stereocenters. The quantitative estimate of drug-likeness (QED) is 0.0473. The largest absolute Gasteiger partial charge is 0.493 e. The molecule has 0 aliphatic carbocycles. The first-order valence-electron chi connectivity index (χ1n) is 25.3. The zero-order valence-corrected chi connectivity index (χ0v) is 44.9. The predicted octanol–water partition coefficient (Wildman–Crippen LogP) is 4.75. The fraction of sp³-hybridized carbons (Fsp3) is 0.538. The summed E-state index contributed by atoms with van der Waals surface area (Å²) >= 11 is 1.25. The first-order chi connectivity index (χ1) is 35.8. The van der Waals surface area contributed by atoms with Gasteiger partial charge in [-0.15, -0.1) is 0 Å². The first kappa shape index (κ1) is 55.7. The summed E-state index contributed by atoms with van der Waals surface area (Å²) in [5.41, 5.74) is 4.40. The van der Waals surface area contributed by atoms with Crippen LogP contribution in [-0.4, -0.2) is 162 Å². The summed E-state index contributed by atoms with van der Waals surface area (Å²) < 4.78 is 78.5. The van der Waals surface area contributed by atoms with Gasteiger partial charge in [-0.2, -0.15) is 20.2 Å². The molecule has 0 bridgehead atoms. The number of thioether (sulfide) groups is 1. The average Bonchev–Trinajstić information content (AvgIpc) is 4.10. The molecule has 5 heterocycles. The molecule has 3 N–H and O–H groups in total. The molecule has 23 heteroatoms. The van der Waals surface area contributed by atoms with Gasteiger partial charge >= 0.3 is 0 Å². The summed E-state index contributed by atoms with van der Waals surface area (Å²) in [5, 5.41) is 0.790. The Morgan fingerprint density at radius 2 is 1.49 bits per heavy atom. The molecule has 3 aromatic rings. The predicted molar refractivity (Wildman–Crippen MR) is 277 cm³/mol. The van der Waals surface area contributed by atoms with Crippen LogP contribution >= 0.6 is 19.1 Å². The molecule has 0 aromatic heterocycles. The molecule has 75 heavy (non-hydrogen) atoms. The van der Waals surface area contributed by atoms with E-state index in [0.29, 0.717) is 75.8 Å². The molecule has 8 rings (SSSR count). The highest BCUT2D eigenvalue weighted by molar-refractivity contribution is 8.00. The Morgan fingerprint density at radius 3 is 2.21 bits per heavy atom. The standard InChI is InChI=1S/C52H65N4O16PS2/c1-32-20-40-36(26-47(75(65,66)67)42-7-5-13-55(42)51(40)61)25-43(32)71-30-33-21-34(31-72-45-24-35-8-9-37-6-4-12-54(37)50(60)41(35)27-44(45)68-2)23-39(22-33)70-17-16-69-15-10-38(57)29-53-48(58)11-18-73(63,64)19-14-56-49(59)28-46(74-3)52(56)62/h20-25,27,37,42,46-47H,4-19,26,28-31H2,1-3H3,(H,53,58)(H,63,64)(H,65,66,67)/t37-,42-,46?,47?/m0/s1. The Morgan fingerprint density at radius 1 is 0.800 bits per heavy atom. The van der Waals surface area contributed by atoms with E-state index in [0.717, 1.165) is 42.7 Å². The van der Waals surface area contributed by atoms with Crippen LogP contribution < -0.4 is 24.3 Å². The van der Waals surface area contributed by atoms with Crippen molar-refractivity contribution >= 4 is 64.6 Å². The number of carbonyl (C=O) groups is 6. The van der Waals surface area contributed by atoms with E-state index in [1.165, 1.54) is 18.9 Å². The number of benzene rings is 3. The first-order valence-corrected chi connectivity index (χ1v) is 30.1. The molecule has 5 amide bonds. The monoisotopic (exact) mass is 1100 g/mol. The van der Waals surface area contributed by atoms with Crippen LogP contribution in [0, 0.1) is 6.92 Å².